The number of likely N-dealkylation sites (tertiary alicyclic amines) is 1. The molecule has 1 aliphatic heterocycles. The standard InChI is InChI=1S/C22H24ClF5N4O/c23-13-5-6-17-16(9-13)18(11-19(31-17)22(26,27)28)29-14-3-1-4-15(10-14)30-20(33)32-8-2-7-21(24,25)12-32/h5-6,9,11,14-15H,1-4,7-8,10,12H2,(H,29,31)(H,30,33)/t14-,15+/m0/s1. The van der Waals surface area contributed by atoms with Crippen LogP contribution < -0.4 is 10.6 Å². The Morgan fingerprint density at radius 1 is 1.15 bits per heavy atom. The lowest BCUT2D eigenvalue weighted by atomic mass is 9.90. The third-order valence-electron chi connectivity index (χ3n) is 6.10. The van der Waals surface area contributed by atoms with E-state index in [4.69, 9.17) is 11.6 Å². The van der Waals surface area contributed by atoms with E-state index in [1.165, 1.54) is 12.1 Å². The molecule has 5 nitrogen and oxygen atoms in total. The van der Waals surface area contributed by atoms with Gasteiger partial charge in [-0.05, 0) is 56.4 Å². The summed E-state index contributed by atoms with van der Waals surface area (Å²) in [5, 5.41) is 6.84. The fourth-order valence-corrected chi connectivity index (χ4v) is 4.71. The number of carbonyl (C=O) groups excluding carboxylic acids is 1. The number of halogens is 6. The van der Waals surface area contributed by atoms with Gasteiger partial charge >= 0.3 is 12.2 Å². The number of hydrogen-bond acceptors (Lipinski definition) is 3. The highest BCUT2D eigenvalue weighted by atomic mass is 35.5. The van der Waals surface area contributed by atoms with Crippen LogP contribution in [-0.2, 0) is 6.18 Å². The summed E-state index contributed by atoms with van der Waals surface area (Å²) in [7, 11) is 0. The molecule has 0 bridgehead atoms. The van der Waals surface area contributed by atoms with Gasteiger partial charge < -0.3 is 15.5 Å². The van der Waals surface area contributed by atoms with Crippen molar-refractivity contribution < 1.29 is 26.7 Å². The minimum atomic E-state index is -4.61. The zero-order chi connectivity index (χ0) is 23.8. The summed E-state index contributed by atoms with van der Waals surface area (Å²) in [5.74, 6) is -2.88. The number of urea groups is 1. The molecule has 1 saturated carbocycles. The van der Waals surface area contributed by atoms with Crippen molar-refractivity contribution in [3.63, 3.8) is 0 Å². The van der Waals surface area contributed by atoms with Gasteiger partial charge in [0.05, 0.1) is 12.1 Å². The normalized spacial score (nSPS) is 23.4. The lowest BCUT2D eigenvalue weighted by Crippen LogP contribution is -2.53. The van der Waals surface area contributed by atoms with E-state index < -0.39 is 30.4 Å². The molecule has 1 saturated heterocycles. The fraction of sp³-hybridized carbons (Fsp3) is 0.545. The third-order valence-corrected chi connectivity index (χ3v) is 6.34. The average Bonchev–Trinajstić information content (AvgIpc) is 2.73. The molecule has 33 heavy (non-hydrogen) atoms. The van der Waals surface area contributed by atoms with E-state index in [1.807, 2.05) is 0 Å². The molecule has 2 N–H and O–H groups in total. The average molecular weight is 491 g/mol. The van der Waals surface area contributed by atoms with E-state index >= 15 is 0 Å². The third kappa shape index (κ3) is 5.77. The zero-order valence-corrected chi connectivity index (χ0v) is 18.4. The number of rotatable bonds is 3. The molecule has 2 heterocycles. The number of amides is 2. The second kappa shape index (κ2) is 9.12. The minimum Gasteiger partial charge on any atom is -0.382 e. The van der Waals surface area contributed by atoms with Gasteiger partial charge in [0.25, 0.3) is 5.92 Å². The van der Waals surface area contributed by atoms with Crippen LogP contribution in [0.3, 0.4) is 0 Å². The topological polar surface area (TPSA) is 57.3 Å². The number of pyridine rings is 1. The van der Waals surface area contributed by atoms with Crippen LogP contribution in [0.4, 0.5) is 32.4 Å². The predicted octanol–water partition coefficient (Wildman–Crippen LogP) is 6.07. The van der Waals surface area contributed by atoms with E-state index in [-0.39, 0.29) is 42.7 Å². The van der Waals surface area contributed by atoms with Crippen LogP contribution in [0.15, 0.2) is 24.3 Å². The van der Waals surface area contributed by atoms with Crippen molar-refractivity contribution in [3.8, 4) is 0 Å². The van der Waals surface area contributed by atoms with Gasteiger partial charge in [-0.3, -0.25) is 0 Å². The van der Waals surface area contributed by atoms with Crippen molar-refractivity contribution >= 4 is 34.2 Å². The lowest BCUT2D eigenvalue weighted by molar-refractivity contribution is -0.140. The van der Waals surface area contributed by atoms with E-state index in [2.05, 4.69) is 15.6 Å². The number of aromatic nitrogens is 1. The van der Waals surface area contributed by atoms with Gasteiger partial charge in [-0.15, -0.1) is 0 Å². The van der Waals surface area contributed by atoms with Gasteiger partial charge in [0, 0.05) is 41.1 Å². The van der Waals surface area contributed by atoms with Gasteiger partial charge in [-0.25, -0.2) is 18.6 Å². The van der Waals surface area contributed by atoms with Crippen LogP contribution in [-0.4, -0.2) is 47.0 Å². The number of anilines is 1. The summed E-state index contributed by atoms with van der Waals surface area (Å²) in [6.07, 6.45) is -2.03. The summed E-state index contributed by atoms with van der Waals surface area (Å²) in [4.78, 5) is 17.3. The first kappa shape index (κ1) is 23.8. The summed E-state index contributed by atoms with van der Waals surface area (Å²) in [6, 6.07) is 4.45. The molecule has 0 spiro atoms. The van der Waals surface area contributed by atoms with E-state index in [0.29, 0.717) is 29.7 Å². The molecule has 2 atom stereocenters. The highest BCUT2D eigenvalue weighted by molar-refractivity contribution is 6.31. The van der Waals surface area contributed by atoms with Crippen molar-refractivity contribution in [2.24, 2.45) is 0 Å². The molecular weight excluding hydrogens is 467 g/mol. The largest absolute Gasteiger partial charge is 0.433 e. The van der Waals surface area contributed by atoms with Gasteiger partial charge in [-0.1, -0.05) is 11.6 Å². The first-order valence-corrected chi connectivity index (χ1v) is 11.3. The van der Waals surface area contributed by atoms with Crippen molar-refractivity contribution in [1.82, 2.24) is 15.2 Å². The summed E-state index contributed by atoms with van der Waals surface area (Å²) in [6.45, 7) is -0.322. The molecule has 2 fully saturated rings. The fourth-order valence-electron chi connectivity index (χ4n) is 4.54. The number of carbonyl (C=O) groups is 1. The van der Waals surface area contributed by atoms with E-state index in [9.17, 15) is 26.7 Å². The minimum absolute atomic E-state index is 0.170. The Labute approximate surface area is 192 Å². The summed E-state index contributed by atoms with van der Waals surface area (Å²) < 4.78 is 67.4. The van der Waals surface area contributed by atoms with Crippen molar-refractivity contribution in [1.29, 1.82) is 0 Å². The number of piperidine rings is 1. The van der Waals surface area contributed by atoms with Gasteiger partial charge in [0.2, 0.25) is 0 Å². The van der Waals surface area contributed by atoms with Crippen LogP contribution in [0, 0.1) is 0 Å². The molecule has 0 radical (unpaired) electrons. The van der Waals surface area contributed by atoms with Crippen LogP contribution >= 0.6 is 11.6 Å². The Balaban J connectivity index is 1.48. The van der Waals surface area contributed by atoms with Gasteiger partial charge in [0.15, 0.2) is 0 Å². The highest BCUT2D eigenvalue weighted by Crippen LogP contribution is 2.35. The summed E-state index contributed by atoms with van der Waals surface area (Å²) >= 11 is 6.05. The Hall–Kier alpha value is -2.36. The number of fused-ring (bicyclic) bond motifs is 1. The molecular formula is C22H24ClF5N4O. The number of hydrogen-bond donors (Lipinski definition) is 2. The van der Waals surface area contributed by atoms with Crippen LogP contribution in [0.25, 0.3) is 10.9 Å². The first-order valence-electron chi connectivity index (χ1n) is 10.9. The maximum absolute atomic E-state index is 13.6. The van der Waals surface area contributed by atoms with Crippen LogP contribution in [0.5, 0.6) is 0 Å². The highest BCUT2D eigenvalue weighted by Gasteiger charge is 2.38. The molecule has 4 rings (SSSR count). The maximum Gasteiger partial charge on any atom is 0.433 e. The van der Waals surface area contributed by atoms with E-state index in [0.717, 1.165) is 17.4 Å². The number of benzene rings is 1. The molecule has 2 aliphatic rings. The number of alkyl halides is 5. The molecule has 1 aromatic heterocycles. The van der Waals surface area contributed by atoms with Gasteiger partial charge in [0.1, 0.15) is 5.69 Å². The monoisotopic (exact) mass is 490 g/mol. The number of nitrogens with one attached hydrogen (secondary N) is 2. The van der Waals surface area contributed by atoms with Crippen LogP contribution in [0.2, 0.25) is 5.02 Å². The van der Waals surface area contributed by atoms with Crippen molar-refractivity contribution in [2.75, 3.05) is 18.4 Å². The van der Waals surface area contributed by atoms with Crippen molar-refractivity contribution in [3.05, 3.63) is 35.0 Å². The Morgan fingerprint density at radius 2 is 1.91 bits per heavy atom. The summed E-state index contributed by atoms with van der Waals surface area (Å²) in [5.41, 5.74) is -0.572. The predicted molar refractivity (Wildman–Crippen MR) is 116 cm³/mol. The Bertz CT molecular complexity index is 1030. The molecule has 1 aliphatic carbocycles. The SMILES string of the molecule is O=C(N[C@@H]1CCC[C@H](Nc2cc(C(F)(F)F)nc3ccc(Cl)cc23)C1)N1CCCC(F)(F)C1. The Kier molecular flexibility index (Phi) is 6.57. The smallest absolute Gasteiger partial charge is 0.382 e. The second-order valence-electron chi connectivity index (χ2n) is 8.75. The Morgan fingerprint density at radius 3 is 2.64 bits per heavy atom. The molecule has 1 aromatic carbocycles. The zero-order valence-electron chi connectivity index (χ0n) is 17.7. The van der Waals surface area contributed by atoms with Gasteiger partial charge in [-0.2, -0.15) is 13.2 Å². The first-order chi connectivity index (χ1) is 15.5. The quantitative estimate of drug-likeness (QED) is 0.513. The van der Waals surface area contributed by atoms with Crippen molar-refractivity contribution in [2.45, 2.75) is 62.7 Å². The molecule has 2 amide bonds. The molecule has 2 aromatic rings. The molecule has 180 valence electrons. The lowest BCUT2D eigenvalue weighted by Gasteiger charge is -2.36. The molecule has 11 heteroatoms. The van der Waals surface area contributed by atoms with Crippen LogP contribution in [0.1, 0.15) is 44.2 Å². The second-order valence-corrected chi connectivity index (χ2v) is 9.19. The number of nitrogens with zero attached hydrogens (tertiary/aromatic N) is 2. The molecule has 0 unspecified atom stereocenters. The van der Waals surface area contributed by atoms with E-state index in [1.54, 1.807) is 6.07 Å². The maximum atomic E-state index is 13.6.